The number of anilines is 1. The molecule has 0 radical (unpaired) electrons. The van der Waals surface area contributed by atoms with Gasteiger partial charge in [0.25, 0.3) is 0 Å². The zero-order valence-corrected chi connectivity index (χ0v) is 12.2. The van der Waals surface area contributed by atoms with Crippen molar-refractivity contribution < 1.29 is 9.84 Å². The second-order valence-corrected chi connectivity index (χ2v) is 5.24. The zero-order valence-electron chi connectivity index (χ0n) is 12.2. The highest BCUT2D eigenvalue weighted by atomic mass is 16.5. The molecule has 20 heavy (non-hydrogen) atoms. The molecule has 5 heteroatoms. The van der Waals surface area contributed by atoms with Crippen LogP contribution in [0.4, 0.5) is 5.69 Å². The van der Waals surface area contributed by atoms with E-state index in [1.54, 1.807) is 0 Å². The summed E-state index contributed by atoms with van der Waals surface area (Å²) < 4.78 is 5.57. The number of ether oxygens (including phenoxy) is 1. The van der Waals surface area contributed by atoms with Gasteiger partial charge in [-0.25, -0.2) is 0 Å². The minimum absolute atomic E-state index is 0.0293. The number of hydrogen-bond donors (Lipinski definition) is 2. The van der Waals surface area contributed by atoms with E-state index < -0.39 is 0 Å². The Morgan fingerprint density at radius 2 is 2.20 bits per heavy atom. The highest BCUT2D eigenvalue weighted by Crippen LogP contribution is 2.22. The molecule has 0 spiro atoms. The molecule has 5 nitrogen and oxygen atoms in total. The second-order valence-electron chi connectivity index (χ2n) is 5.24. The van der Waals surface area contributed by atoms with E-state index in [1.807, 2.05) is 12.3 Å². The first-order chi connectivity index (χ1) is 9.74. The molecule has 1 aliphatic heterocycles. The van der Waals surface area contributed by atoms with Crippen molar-refractivity contribution in [2.75, 3.05) is 31.2 Å². The van der Waals surface area contributed by atoms with Crippen molar-refractivity contribution in [1.29, 1.82) is 0 Å². The SMILES string of the molecule is CCC(N)c1ccc(N2CCC(OCCO)CC2)cn1. The Labute approximate surface area is 120 Å². The van der Waals surface area contributed by atoms with Crippen LogP contribution in [0.15, 0.2) is 18.3 Å². The van der Waals surface area contributed by atoms with Crippen LogP contribution in [0.25, 0.3) is 0 Å². The van der Waals surface area contributed by atoms with Crippen LogP contribution in [0.3, 0.4) is 0 Å². The van der Waals surface area contributed by atoms with E-state index in [0.29, 0.717) is 6.61 Å². The van der Waals surface area contributed by atoms with Gasteiger partial charge in [-0.1, -0.05) is 6.92 Å². The topological polar surface area (TPSA) is 71.6 Å². The van der Waals surface area contributed by atoms with Crippen LogP contribution in [0, 0.1) is 0 Å². The molecular weight excluding hydrogens is 254 g/mol. The summed E-state index contributed by atoms with van der Waals surface area (Å²) in [6.45, 7) is 4.55. The van der Waals surface area contributed by atoms with Gasteiger partial charge in [0.1, 0.15) is 0 Å². The third-order valence-corrected chi connectivity index (χ3v) is 3.84. The van der Waals surface area contributed by atoms with E-state index in [2.05, 4.69) is 22.9 Å². The summed E-state index contributed by atoms with van der Waals surface area (Å²) in [6, 6.07) is 4.16. The average Bonchev–Trinajstić information content (AvgIpc) is 2.53. The molecule has 2 rings (SSSR count). The highest BCUT2D eigenvalue weighted by molar-refractivity contribution is 5.45. The van der Waals surface area contributed by atoms with Gasteiger partial charge in [-0.15, -0.1) is 0 Å². The van der Waals surface area contributed by atoms with Crippen molar-refractivity contribution in [1.82, 2.24) is 4.98 Å². The molecule has 112 valence electrons. The molecule has 0 amide bonds. The summed E-state index contributed by atoms with van der Waals surface area (Å²) in [4.78, 5) is 6.79. The molecule has 1 aromatic rings. The fraction of sp³-hybridized carbons (Fsp3) is 0.667. The monoisotopic (exact) mass is 279 g/mol. The largest absolute Gasteiger partial charge is 0.394 e. The Morgan fingerprint density at radius 1 is 1.45 bits per heavy atom. The van der Waals surface area contributed by atoms with Gasteiger partial charge in [0, 0.05) is 19.1 Å². The Bertz CT molecular complexity index is 389. The maximum Gasteiger partial charge on any atom is 0.0701 e. The molecular formula is C15H25N3O2. The van der Waals surface area contributed by atoms with Crippen LogP contribution < -0.4 is 10.6 Å². The first kappa shape index (κ1) is 15.2. The van der Waals surface area contributed by atoms with Gasteiger partial charge < -0.3 is 20.5 Å². The van der Waals surface area contributed by atoms with Crippen molar-refractivity contribution in [2.24, 2.45) is 5.73 Å². The van der Waals surface area contributed by atoms with Crippen LogP contribution in [-0.4, -0.2) is 42.5 Å². The second kappa shape index (κ2) is 7.57. The predicted octanol–water partition coefficient (Wildman–Crippen LogP) is 1.47. The molecule has 2 heterocycles. The quantitative estimate of drug-likeness (QED) is 0.825. The molecule has 0 aromatic carbocycles. The van der Waals surface area contributed by atoms with Gasteiger partial charge >= 0.3 is 0 Å². The van der Waals surface area contributed by atoms with Gasteiger partial charge in [-0.05, 0) is 31.4 Å². The summed E-state index contributed by atoms with van der Waals surface area (Å²) in [5, 5.41) is 8.76. The number of pyridine rings is 1. The Hall–Kier alpha value is -1.17. The summed E-state index contributed by atoms with van der Waals surface area (Å²) >= 11 is 0. The van der Waals surface area contributed by atoms with E-state index in [4.69, 9.17) is 15.6 Å². The van der Waals surface area contributed by atoms with Gasteiger partial charge in [0.15, 0.2) is 0 Å². The summed E-state index contributed by atoms with van der Waals surface area (Å²) in [5.41, 5.74) is 8.08. The fourth-order valence-electron chi connectivity index (χ4n) is 2.51. The minimum Gasteiger partial charge on any atom is -0.394 e. The number of aliphatic hydroxyl groups excluding tert-OH is 1. The van der Waals surface area contributed by atoms with Crippen LogP contribution in [0.5, 0.6) is 0 Å². The van der Waals surface area contributed by atoms with Crippen molar-refractivity contribution in [3.05, 3.63) is 24.0 Å². The lowest BCUT2D eigenvalue weighted by Crippen LogP contribution is -2.37. The number of nitrogens with zero attached hydrogens (tertiary/aromatic N) is 2. The van der Waals surface area contributed by atoms with Crippen LogP contribution in [0.2, 0.25) is 0 Å². The van der Waals surface area contributed by atoms with Crippen LogP contribution >= 0.6 is 0 Å². The molecule has 1 fully saturated rings. The molecule has 1 saturated heterocycles. The first-order valence-electron chi connectivity index (χ1n) is 7.43. The van der Waals surface area contributed by atoms with Gasteiger partial charge in [-0.3, -0.25) is 4.98 Å². The third-order valence-electron chi connectivity index (χ3n) is 3.84. The lowest BCUT2D eigenvalue weighted by molar-refractivity contribution is 0.0159. The van der Waals surface area contributed by atoms with Gasteiger partial charge in [-0.2, -0.15) is 0 Å². The Kier molecular flexibility index (Phi) is 5.76. The molecule has 0 saturated carbocycles. The van der Waals surface area contributed by atoms with E-state index in [0.717, 1.165) is 43.7 Å². The highest BCUT2D eigenvalue weighted by Gasteiger charge is 2.20. The lowest BCUT2D eigenvalue weighted by atomic mass is 10.1. The maximum absolute atomic E-state index is 8.76. The molecule has 1 aromatic heterocycles. The van der Waals surface area contributed by atoms with Crippen molar-refractivity contribution in [2.45, 2.75) is 38.3 Å². The summed E-state index contributed by atoms with van der Waals surface area (Å²) in [6.07, 6.45) is 5.09. The van der Waals surface area contributed by atoms with Crippen molar-refractivity contribution in [3.8, 4) is 0 Å². The minimum atomic E-state index is 0.0293. The normalized spacial score (nSPS) is 18.2. The van der Waals surface area contributed by atoms with E-state index >= 15 is 0 Å². The van der Waals surface area contributed by atoms with Gasteiger partial charge in [0.2, 0.25) is 0 Å². The number of piperidine rings is 1. The summed E-state index contributed by atoms with van der Waals surface area (Å²) in [5.74, 6) is 0. The van der Waals surface area contributed by atoms with Crippen LogP contribution in [-0.2, 0) is 4.74 Å². The Morgan fingerprint density at radius 3 is 2.75 bits per heavy atom. The molecule has 1 atom stereocenters. The lowest BCUT2D eigenvalue weighted by Gasteiger charge is -2.33. The smallest absolute Gasteiger partial charge is 0.0701 e. The number of aliphatic hydroxyl groups is 1. The molecule has 1 aliphatic rings. The molecule has 0 bridgehead atoms. The Balaban J connectivity index is 1.87. The third kappa shape index (κ3) is 3.91. The molecule has 3 N–H and O–H groups in total. The maximum atomic E-state index is 8.76. The molecule has 0 aliphatic carbocycles. The van der Waals surface area contributed by atoms with Crippen molar-refractivity contribution in [3.63, 3.8) is 0 Å². The fourth-order valence-corrected chi connectivity index (χ4v) is 2.51. The average molecular weight is 279 g/mol. The van der Waals surface area contributed by atoms with Crippen molar-refractivity contribution >= 4 is 5.69 Å². The number of rotatable bonds is 6. The van der Waals surface area contributed by atoms with E-state index in [-0.39, 0.29) is 18.8 Å². The number of aromatic nitrogens is 1. The zero-order chi connectivity index (χ0) is 14.4. The van der Waals surface area contributed by atoms with E-state index in [1.165, 1.54) is 0 Å². The van der Waals surface area contributed by atoms with Gasteiger partial charge in [0.05, 0.1) is 36.9 Å². The molecule has 1 unspecified atom stereocenters. The van der Waals surface area contributed by atoms with Crippen LogP contribution in [0.1, 0.15) is 37.9 Å². The predicted molar refractivity (Wildman–Crippen MR) is 79.7 cm³/mol. The van der Waals surface area contributed by atoms with E-state index in [9.17, 15) is 0 Å². The first-order valence-corrected chi connectivity index (χ1v) is 7.43. The number of nitrogens with two attached hydrogens (primary N) is 1. The number of hydrogen-bond acceptors (Lipinski definition) is 5. The summed E-state index contributed by atoms with van der Waals surface area (Å²) in [7, 11) is 0. The standard InChI is InChI=1S/C15H25N3O2/c1-2-14(16)15-4-3-12(11-17-15)18-7-5-13(6-8-18)20-10-9-19/h3-4,11,13-14,19H,2,5-10,16H2,1H3.